The molecule has 1 heterocycles. The molecule has 0 saturated heterocycles. The minimum absolute atomic E-state index is 0.0939. The first kappa shape index (κ1) is 13.7. The van der Waals surface area contributed by atoms with E-state index < -0.39 is 0 Å². The van der Waals surface area contributed by atoms with Gasteiger partial charge in [0.25, 0.3) is 0 Å². The predicted octanol–water partition coefficient (Wildman–Crippen LogP) is 3.29. The molecule has 3 nitrogen and oxygen atoms in total. The highest BCUT2D eigenvalue weighted by molar-refractivity contribution is 5.79. The van der Waals surface area contributed by atoms with Crippen molar-refractivity contribution in [3.8, 4) is 0 Å². The Labute approximate surface area is 124 Å². The number of nitrogens with two attached hydrogens (primary N) is 1. The van der Waals surface area contributed by atoms with Gasteiger partial charge in [0.1, 0.15) is 0 Å². The van der Waals surface area contributed by atoms with Crippen LogP contribution in [0.4, 0.5) is 0 Å². The number of aromatic nitrogens is 1. The van der Waals surface area contributed by atoms with Crippen LogP contribution in [0.3, 0.4) is 0 Å². The fourth-order valence-electron chi connectivity index (χ4n) is 2.66. The molecule has 0 saturated carbocycles. The molecule has 0 aliphatic rings. The maximum absolute atomic E-state index is 5.77. The minimum atomic E-state index is 0.0939. The van der Waals surface area contributed by atoms with Gasteiger partial charge < -0.3 is 0 Å². The van der Waals surface area contributed by atoms with Crippen molar-refractivity contribution in [2.75, 3.05) is 0 Å². The fraction of sp³-hybridized carbons (Fsp3) is 0.167. The van der Waals surface area contributed by atoms with Gasteiger partial charge in [-0.3, -0.25) is 16.3 Å². The zero-order valence-electron chi connectivity index (χ0n) is 12.1. The third kappa shape index (κ3) is 3.10. The number of fused-ring (bicyclic) bond motifs is 1. The Bertz CT molecular complexity index is 752. The summed E-state index contributed by atoms with van der Waals surface area (Å²) in [7, 11) is 0. The van der Waals surface area contributed by atoms with Crippen LogP contribution in [0.1, 0.15) is 22.7 Å². The molecule has 0 amide bonds. The van der Waals surface area contributed by atoms with Crippen molar-refractivity contribution in [2.24, 2.45) is 5.84 Å². The van der Waals surface area contributed by atoms with Crippen LogP contribution < -0.4 is 11.3 Å². The van der Waals surface area contributed by atoms with Gasteiger partial charge in [-0.25, -0.2) is 0 Å². The zero-order valence-corrected chi connectivity index (χ0v) is 12.1. The van der Waals surface area contributed by atoms with Crippen LogP contribution in [0.2, 0.25) is 0 Å². The van der Waals surface area contributed by atoms with Crippen molar-refractivity contribution >= 4 is 10.9 Å². The van der Waals surface area contributed by atoms with Crippen LogP contribution >= 0.6 is 0 Å². The number of pyridine rings is 1. The summed E-state index contributed by atoms with van der Waals surface area (Å²) in [6.07, 6.45) is 2.68. The Morgan fingerprint density at radius 2 is 2.00 bits per heavy atom. The van der Waals surface area contributed by atoms with E-state index in [0.29, 0.717) is 0 Å². The molecular formula is C18H19N3. The lowest BCUT2D eigenvalue weighted by molar-refractivity contribution is 0.552. The Morgan fingerprint density at radius 1 is 1.10 bits per heavy atom. The van der Waals surface area contributed by atoms with E-state index in [4.69, 9.17) is 5.84 Å². The largest absolute Gasteiger partial charge is 0.271 e. The lowest BCUT2D eigenvalue weighted by atomic mass is 9.97. The SMILES string of the molecule is Cc1cccc(CC(NN)c2ccc3ncccc3c2)c1. The normalized spacial score (nSPS) is 12.5. The molecule has 3 heteroatoms. The second-order valence-electron chi connectivity index (χ2n) is 5.37. The molecule has 3 N–H and O–H groups in total. The molecule has 0 bridgehead atoms. The molecule has 0 fully saturated rings. The highest BCUT2D eigenvalue weighted by atomic mass is 15.2. The van der Waals surface area contributed by atoms with Gasteiger partial charge in [-0.1, -0.05) is 42.0 Å². The van der Waals surface area contributed by atoms with Gasteiger partial charge in [0, 0.05) is 11.6 Å². The summed E-state index contributed by atoms with van der Waals surface area (Å²) in [6, 6.07) is 19.0. The van der Waals surface area contributed by atoms with Gasteiger partial charge in [0.05, 0.1) is 11.6 Å². The topological polar surface area (TPSA) is 50.9 Å². The van der Waals surface area contributed by atoms with Crippen molar-refractivity contribution in [1.29, 1.82) is 0 Å². The van der Waals surface area contributed by atoms with E-state index in [0.717, 1.165) is 17.3 Å². The van der Waals surface area contributed by atoms with Crippen molar-refractivity contribution in [3.63, 3.8) is 0 Å². The summed E-state index contributed by atoms with van der Waals surface area (Å²) in [4.78, 5) is 4.35. The second kappa shape index (κ2) is 6.04. The number of nitrogens with one attached hydrogen (secondary N) is 1. The number of hydrogen-bond acceptors (Lipinski definition) is 3. The third-order valence-electron chi connectivity index (χ3n) is 3.75. The van der Waals surface area contributed by atoms with Crippen molar-refractivity contribution in [1.82, 2.24) is 10.4 Å². The van der Waals surface area contributed by atoms with E-state index in [-0.39, 0.29) is 6.04 Å². The number of benzene rings is 2. The molecule has 3 aromatic rings. The minimum Gasteiger partial charge on any atom is -0.271 e. The molecule has 1 unspecified atom stereocenters. The van der Waals surface area contributed by atoms with Crippen LogP contribution in [-0.2, 0) is 6.42 Å². The molecule has 3 rings (SSSR count). The fourth-order valence-corrected chi connectivity index (χ4v) is 2.66. The monoisotopic (exact) mass is 277 g/mol. The zero-order chi connectivity index (χ0) is 14.7. The van der Waals surface area contributed by atoms with Gasteiger partial charge in [0.15, 0.2) is 0 Å². The van der Waals surface area contributed by atoms with E-state index >= 15 is 0 Å². The van der Waals surface area contributed by atoms with Gasteiger partial charge in [0.2, 0.25) is 0 Å². The highest BCUT2D eigenvalue weighted by Gasteiger charge is 2.11. The number of hydrazine groups is 1. The Balaban J connectivity index is 1.90. The van der Waals surface area contributed by atoms with E-state index in [1.165, 1.54) is 16.7 Å². The summed E-state index contributed by atoms with van der Waals surface area (Å²) in [5, 5.41) is 1.14. The molecular weight excluding hydrogens is 258 g/mol. The van der Waals surface area contributed by atoms with Gasteiger partial charge >= 0.3 is 0 Å². The molecule has 0 aliphatic heterocycles. The summed E-state index contributed by atoms with van der Waals surface area (Å²) < 4.78 is 0. The standard InChI is InChI=1S/C18H19N3/c1-13-4-2-5-14(10-13)11-18(21-19)16-7-8-17-15(12-16)6-3-9-20-17/h2-10,12,18,21H,11,19H2,1H3. The molecule has 2 aromatic carbocycles. The Kier molecular flexibility index (Phi) is 3.95. The first-order valence-electron chi connectivity index (χ1n) is 7.12. The smallest absolute Gasteiger partial charge is 0.0702 e. The van der Waals surface area contributed by atoms with Gasteiger partial charge in [-0.2, -0.15) is 0 Å². The van der Waals surface area contributed by atoms with Crippen LogP contribution in [0, 0.1) is 6.92 Å². The summed E-state index contributed by atoms with van der Waals surface area (Å²) in [6.45, 7) is 2.11. The second-order valence-corrected chi connectivity index (χ2v) is 5.37. The first-order valence-corrected chi connectivity index (χ1v) is 7.12. The molecule has 0 aliphatic carbocycles. The quantitative estimate of drug-likeness (QED) is 0.568. The number of rotatable bonds is 4. The molecule has 0 spiro atoms. The van der Waals surface area contributed by atoms with Crippen LogP contribution in [-0.4, -0.2) is 4.98 Å². The molecule has 106 valence electrons. The van der Waals surface area contributed by atoms with Crippen LogP contribution in [0.5, 0.6) is 0 Å². The van der Waals surface area contributed by atoms with Gasteiger partial charge in [-0.05, 0) is 42.7 Å². The first-order chi connectivity index (χ1) is 10.3. The lowest BCUT2D eigenvalue weighted by Crippen LogP contribution is -2.29. The van der Waals surface area contributed by atoms with Crippen molar-refractivity contribution in [2.45, 2.75) is 19.4 Å². The third-order valence-corrected chi connectivity index (χ3v) is 3.75. The summed E-state index contributed by atoms with van der Waals surface area (Å²) in [5.74, 6) is 5.77. The van der Waals surface area contributed by atoms with Gasteiger partial charge in [-0.15, -0.1) is 0 Å². The molecule has 1 aromatic heterocycles. The van der Waals surface area contributed by atoms with Crippen molar-refractivity contribution < 1.29 is 0 Å². The maximum atomic E-state index is 5.77. The average Bonchev–Trinajstić information content (AvgIpc) is 2.52. The lowest BCUT2D eigenvalue weighted by Gasteiger charge is -2.17. The van der Waals surface area contributed by atoms with Crippen molar-refractivity contribution in [3.05, 3.63) is 77.5 Å². The number of nitrogens with zero attached hydrogens (tertiary/aromatic N) is 1. The Morgan fingerprint density at radius 3 is 2.81 bits per heavy atom. The Hall–Kier alpha value is -2.23. The summed E-state index contributed by atoms with van der Waals surface area (Å²) in [5.41, 5.74) is 7.67. The maximum Gasteiger partial charge on any atom is 0.0702 e. The van der Waals surface area contributed by atoms with E-state index in [2.05, 4.69) is 59.8 Å². The number of hydrogen-bond donors (Lipinski definition) is 2. The number of aryl methyl sites for hydroxylation is 1. The molecule has 21 heavy (non-hydrogen) atoms. The average molecular weight is 277 g/mol. The highest BCUT2D eigenvalue weighted by Crippen LogP contribution is 2.22. The van der Waals surface area contributed by atoms with E-state index in [1.54, 1.807) is 0 Å². The molecule has 1 atom stereocenters. The van der Waals surface area contributed by atoms with Crippen LogP contribution in [0.15, 0.2) is 60.8 Å². The van der Waals surface area contributed by atoms with Crippen LogP contribution in [0.25, 0.3) is 10.9 Å². The predicted molar refractivity (Wildman–Crippen MR) is 86.7 cm³/mol. The summed E-state index contributed by atoms with van der Waals surface area (Å²) >= 11 is 0. The van der Waals surface area contributed by atoms with E-state index in [9.17, 15) is 0 Å². The van der Waals surface area contributed by atoms with E-state index in [1.807, 2.05) is 18.3 Å². The molecule has 0 radical (unpaired) electrons.